The summed E-state index contributed by atoms with van der Waals surface area (Å²) in [4.78, 5) is 23.4. The molecule has 1 aromatic heterocycles. The van der Waals surface area contributed by atoms with E-state index in [-0.39, 0.29) is 5.91 Å². The number of carbonyl (C=O) groups excluding carboxylic acids is 1. The van der Waals surface area contributed by atoms with Crippen molar-refractivity contribution in [2.75, 3.05) is 6.54 Å². The van der Waals surface area contributed by atoms with Gasteiger partial charge in [0.1, 0.15) is 0 Å². The minimum atomic E-state index is -0.117. The second-order valence-corrected chi connectivity index (χ2v) is 6.70. The molecule has 1 saturated heterocycles. The second-order valence-electron chi connectivity index (χ2n) is 4.88. The Bertz CT molecular complexity index is 817. The van der Waals surface area contributed by atoms with Gasteiger partial charge in [0, 0.05) is 28.4 Å². The molecule has 7 heteroatoms. The van der Waals surface area contributed by atoms with Crippen LogP contribution >= 0.6 is 35.0 Å². The Morgan fingerprint density at radius 1 is 1.21 bits per heavy atom. The van der Waals surface area contributed by atoms with Crippen LogP contribution < -0.4 is 0 Å². The van der Waals surface area contributed by atoms with Gasteiger partial charge in [-0.05, 0) is 49.0 Å². The van der Waals surface area contributed by atoms with Crippen molar-refractivity contribution in [2.45, 2.75) is 6.92 Å². The number of carbonyl (C=O) groups is 1. The number of aromatic nitrogens is 1. The van der Waals surface area contributed by atoms with E-state index >= 15 is 0 Å². The zero-order valence-corrected chi connectivity index (χ0v) is 15.1. The second kappa shape index (κ2) is 7.38. The third kappa shape index (κ3) is 3.48. The molecule has 0 radical (unpaired) electrons. The lowest BCUT2D eigenvalue weighted by Crippen LogP contribution is -2.28. The first-order chi connectivity index (χ1) is 11.6. The fourth-order valence-electron chi connectivity index (χ4n) is 2.17. The molecule has 1 aliphatic heterocycles. The molecule has 0 unspecified atom stereocenters. The summed E-state index contributed by atoms with van der Waals surface area (Å²) in [6.07, 6.45) is 3.37. The summed E-state index contributed by atoms with van der Waals surface area (Å²) in [6.45, 7) is 2.42. The monoisotopic (exact) mass is 377 g/mol. The zero-order chi connectivity index (χ0) is 17.1. The van der Waals surface area contributed by atoms with Gasteiger partial charge >= 0.3 is 0 Å². The molecule has 0 N–H and O–H groups in total. The molecular formula is C17H13Cl2N3OS. The van der Waals surface area contributed by atoms with E-state index in [2.05, 4.69) is 9.98 Å². The van der Waals surface area contributed by atoms with Gasteiger partial charge in [-0.1, -0.05) is 35.3 Å². The van der Waals surface area contributed by atoms with Crippen LogP contribution in [0.5, 0.6) is 0 Å². The van der Waals surface area contributed by atoms with Crippen LogP contribution in [0.1, 0.15) is 12.5 Å². The Morgan fingerprint density at radius 2 is 1.96 bits per heavy atom. The van der Waals surface area contributed by atoms with Crippen LogP contribution in [0.4, 0.5) is 5.82 Å². The Kier molecular flexibility index (Phi) is 5.23. The third-order valence-electron chi connectivity index (χ3n) is 3.34. The van der Waals surface area contributed by atoms with Crippen LogP contribution in [0.3, 0.4) is 0 Å². The molecule has 24 heavy (non-hydrogen) atoms. The van der Waals surface area contributed by atoms with Gasteiger partial charge in [0.25, 0.3) is 5.91 Å². The van der Waals surface area contributed by atoms with Gasteiger partial charge in [-0.25, -0.2) is 9.98 Å². The molecule has 0 aliphatic carbocycles. The van der Waals surface area contributed by atoms with E-state index in [4.69, 9.17) is 23.2 Å². The highest BCUT2D eigenvalue weighted by Crippen LogP contribution is 2.36. The molecule has 2 aromatic rings. The maximum absolute atomic E-state index is 12.6. The van der Waals surface area contributed by atoms with Crippen molar-refractivity contribution in [3.8, 4) is 0 Å². The molecule has 0 spiro atoms. The number of benzene rings is 1. The molecule has 1 aliphatic rings. The van der Waals surface area contributed by atoms with Gasteiger partial charge in [0.05, 0.1) is 4.91 Å². The van der Waals surface area contributed by atoms with E-state index in [9.17, 15) is 4.79 Å². The van der Waals surface area contributed by atoms with E-state index in [0.29, 0.717) is 38.0 Å². The molecule has 0 bridgehead atoms. The first-order valence-electron chi connectivity index (χ1n) is 7.25. The molecule has 122 valence electrons. The molecule has 2 heterocycles. The summed E-state index contributed by atoms with van der Waals surface area (Å²) >= 11 is 13.7. The van der Waals surface area contributed by atoms with Gasteiger partial charge in [0.2, 0.25) is 0 Å². The van der Waals surface area contributed by atoms with E-state index in [1.54, 1.807) is 41.4 Å². The molecule has 0 saturated carbocycles. The van der Waals surface area contributed by atoms with Crippen LogP contribution in [-0.2, 0) is 4.79 Å². The number of pyridine rings is 1. The lowest BCUT2D eigenvalue weighted by Gasteiger charge is -2.11. The van der Waals surface area contributed by atoms with Crippen LogP contribution in [0, 0.1) is 0 Å². The SMILES string of the molecule is CCN1C(=O)/C(=C/c2c(Cl)cccc2Cl)S/C1=N/c1ccccn1. The Labute approximate surface area is 154 Å². The minimum absolute atomic E-state index is 0.117. The summed E-state index contributed by atoms with van der Waals surface area (Å²) in [6, 6.07) is 10.7. The smallest absolute Gasteiger partial charge is 0.266 e. The fourth-order valence-corrected chi connectivity index (χ4v) is 3.71. The van der Waals surface area contributed by atoms with Crippen molar-refractivity contribution in [1.29, 1.82) is 0 Å². The number of rotatable bonds is 3. The Hall–Kier alpha value is -1.82. The first kappa shape index (κ1) is 17.0. The molecule has 1 amide bonds. The molecule has 1 aromatic carbocycles. The van der Waals surface area contributed by atoms with Crippen molar-refractivity contribution in [1.82, 2.24) is 9.88 Å². The number of likely N-dealkylation sites (N-methyl/N-ethyl adjacent to an activating group) is 1. The normalized spacial score (nSPS) is 18.0. The van der Waals surface area contributed by atoms with Crippen molar-refractivity contribution in [3.63, 3.8) is 0 Å². The maximum atomic E-state index is 12.6. The van der Waals surface area contributed by atoms with Crippen molar-refractivity contribution >= 4 is 57.9 Å². The van der Waals surface area contributed by atoms with E-state index in [1.165, 1.54) is 11.8 Å². The van der Waals surface area contributed by atoms with E-state index in [1.807, 2.05) is 19.1 Å². The van der Waals surface area contributed by atoms with Crippen LogP contribution in [0.2, 0.25) is 10.0 Å². The zero-order valence-electron chi connectivity index (χ0n) is 12.7. The number of thioether (sulfide) groups is 1. The number of hydrogen-bond acceptors (Lipinski definition) is 4. The number of amides is 1. The van der Waals surface area contributed by atoms with Crippen molar-refractivity contribution in [2.24, 2.45) is 4.99 Å². The number of amidine groups is 1. The molecule has 1 fully saturated rings. The highest BCUT2D eigenvalue weighted by molar-refractivity contribution is 8.18. The van der Waals surface area contributed by atoms with Gasteiger partial charge < -0.3 is 0 Å². The molecule has 4 nitrogen and oxygen atoms in total. The van der Waals surface area contributed by atoms with Crippen LogP contribution in [0.25, 0.3) is 6.08 Å². The third-order valence-corrected chi connectivity index (χ3v) is 5.00. The summed E-state index contributed by atoms with van der Waals surface area (Å²) in [7, 11) is 0. The number of nitrogens with zero attached hydrogens (tertiary/aromatic N) is 3. The topological polar surface area (TPSA) is 45.6 Å². The van der Waals surface area contributed by atoms with Crippen LogP contribution in [-0.4, -0.2) is 27.5 Å². The summed E-state index contributed by atoms with van der Waals surface area (Å²) in [5.41, 5.74) is 0.631. The lowest BCUT2D eigenvalue weighted by atomic mass is 10.2. The number of aliphatic imine (C=N–C) groups is 1. The van der Waals surface area contributed by atoms with Gasteiger partial charge in [-0.3, -0.25) is 9.69 Å². The number of halogens is 2. The summed E-state index contributed by atoms with van der Waals surface area (Å²) < 4.78 is 0. The highest BCUT2D eigenvalue weighted by atomic mass is 35.5. The standard InChI is InChI=1S/C17H13Cl2N3OS/c1-2-22-16(23)14(10-11-12(18)6-5-7-13(11)19)24-17(22)21-15-8-3-4-9-20-15/h3-10H,2H2,1H3/b14-10-,21-17+. The van der Waals surface area contributed by atoms with Gasteiger partial charge in [-0.2, -0.15) is 0 Å². The summed E-state index contributed by atoms with van der Waals surface area (Å²) in [5.74, 6) is 0.441. The van der Waals surface area contributed by atoms with Crippen LogP contribution in [0.15, 0.2) is 52.5 Å². The molecule has 3 rings (SSSR count). The quantitative estimate of drug-likeness (QED) is 0.705. The van der Waals surface area contributed by atoms with Gasteiger partial charge in [0.15, 0.2) is 11.0 Å². The molecular weight excluding hydrogens is 365 g/mol. The van der Waals surface area contributed by atoms with Crippen molar-refractivity contribution in [3.05, 3.63) is 63.1 Å². The fraction of sp³-hybridized carbons (Fsp3) is 0.118. The lowest BCUT2D eigenvalue weighted by molar-refractivity contribution is -0.122. The average Bonchev–Trinajstić information content (AvgIpc) is 2.87. The Morgan fingerprint density at radius 3 is 2.58 bits per heavy atom. The van der Waals surface area contributed by atoms with E-state index < -0.39 is 0 Å². The summed E-state index contributed by atoms with van der Waals surface area (Å²) in [5, 5.41) is 1.60. The average molecular weight is 378 g/mol. The predicted octanol–water partition coefficient (Wildman–Crippen LogP) is 5.01. The van der Waals surface area contributed by atoms with Gasteiger partial charge in [-0.15, -0.1) is 0 Å². The molecule has 0 atom stereocenters. The maximum Gasteiger partial charge on any atom is 0.266 e. The predicted molar refractivity (Wildman–Crippen MR) is 101 cm³/mol. The largest absolute Gasteiger partial charge is 0.287 e. The number of hydrogen-bond donors (Lipinski definition) is 0. The minimum Gasteiger partial charge on any atom is -0.287 e. The Balaban J connectivity index is 1.99. The van der Waals surface area contributed by atoms with E-state index in [0.717, 1.165) is 0 Å². The highest BCUT2D eigenvalue weighted by Gasteiger charge is 2.32. The van der Waals surface area contributed by atoms with Crippen molar-refractivity contribution < 1.29 is 4.79 Å². The first-order valence-corrected chi connectivity index (χ1v) is 8.82.